The Morgan fingerprint density at radius 3 is 2.44 bits per heavy atom. The van der Waals surface area contributed by atoms with Gasteiger partial charge in [-0.25, -0.2) is 0 Å². The molecule has 2 amide bonds. The summed E-state index contributed by atoms with van der Waals surface area (Å²) in [4.78, 5) is 31.1. The van der Waals surface area contributed by atoms with Crippen molar-refractivity contribution in [2.24, 2.45) is 5.92 Å². The first-order valence-electron chi connectivity index (χ1n) is 12.1. The molecule has 0 spiro atoms. The molecule has 0 bridgehead atoms. The van der Waals surface area contributed by atoms with E-state index in [1.54, 1.807) is 43.4 Å². The molecule has 0 aromatic heterocycles. The van der Waals surface area contributed by atoms with E-state index in [4.69, 9.17) is 21.1 Å². The Bertz CT molecular complexity index is 1290. The molecule has 0 aliphatic carbocycles. The van der Waals surface area contributed by atoms with Gasteiger partial charge in [0.25, 0.3) is 5.91 Å². The zero-order valence-corrected chi connectivity index (χ0v) is 21.2. The highest BCUT2D eigenvalue weighted by atomic mass is 35.5. The minimum Gasteiger partial charge on any atom is -0.497 e. The average molecular weight is 505 g/mol. The lowest BCUT2D eigenvalue weighted by Gasteiger charge is -2.32. The average Bonchev–Trinajstić information content (AvgIpc) is 3.36. The molecule has 36 heavy (non-hydrogen) atoms. The summed E-state index contributed by atoms with van der Waals surface area (Å²) in [5.41, 5.74) is 3.85. The number of rotatable bonds is 5. The number of hydrogen-bond donors (Lipinski definition) is 0. The van der Waals surface area contributed by atoms with Crippen LogP contribution in [0.4, 0.5) is 0 Å². The van der Waals surface area contributed by atoms with Gasteiger partial charge >= 0.3 is 0 Å². The molecule has 6 nitrogen and oxygen atoms in total. The van der Waals surface area contributed by atoms with Crippen LogP contribution in [0.2, 0.25) is 5.02 Å². The van der Waals surface area contributed by atoms with Gasteiger partial charge in [-0.05, 0) is 53.9 Å². The summed E-state index contributed by atoms with van der Waals surface area (Å²) in [7, 11) is 3.23. The second-order valence-electron chi connectivity index (χ2n) is 9.32. The first-order valence-corrected chi connectivity index (χ1v) is 12.5. The zero-order chi connectivity index (χ0) is 25.2. The van der Waals surface area contributed by atoms with Crippen LogP contribution in [-0.2, 0) is 17.8 Å². The minimum absolute atomic E-state index is 0.0563. The minimum atomic E-state index is -0.403. The number of carbonyl (C=O) groups excluding carboxylic acids is 2. The third-order valence-electron chi connectivity index (χ3n) is 7.27. The van der Waals surface area contributed by atoms with Gasteiger partial charge < -0.3 is 19.3 Å². The Kier molecular flexibility index (Phi) is 6.88. The molecule has 2 aliphatic heterocycles. The van der Waals surface area contributed by atoms with Crippen molar-refractivity contribution < 1.29 is 19.1 Å². The van der Waals surface area contributed by atoms with Crippen LogP contribution < -0.4 is 9.47 Å². The lowest BCUT2D eigenvalue weighted by Crippen LogP contribution is -2.42. The fourth-order valence-corrected chi connectivity index (χ4v) is 5.58. The maximum atomic E-state index is 14.0. The number of nitrogens with zero attached hydrogens (tertiary/aromatic N) is 2. The monoisotopic (exact) mass is 504 g/mol. The van der Waals surface area contributed by atoms with Crippen molar-refractivity contribution in [3.05, 3.63) is 94.0 Å². The number of fused-ring (bicyclic) bond motifs is 1. The molecule has 3 aromatic rings. The van der Waals surface area contributed by atoms with Crippen molar-refractivity contribution in [1.29, 1.82) is 0 Å². The van der Waals surface area contributed by atoms with Crippen LogP contribution in [0.5, 0.6) is 11.5 Å². The largest absolute Gasteiger partial charge is 0.497 e. The third kappa shape index (κ3) is 4.65. The summed E-state index contributed by atoms with van der Waals surface area (Å²) in [5.74, 6) is 0.648. The van der Waals surface area contributed by atoms with E-state index in [1.807, 2.05) is 35.2 Å². The number of halogens is 1. The van der Waals surface area contributed by atoms with E-state index in [9.17, 15) is 9.59 Å². The van der Waals surface area contributed by atoms with Gasteiger partial charge in [0.2, 0.25) is 5.91 Å². The van der Waals surface area contributed by atoms with Crippen molar-refractivity contribution in [3.63, 3.8) is 0 Å². The predicted octanol–water partition coefficient (Wildman–Crippen LogP) is 4.80. The van der Waals surface area contributed by atoms with Crippen molar-refractivity contribution in [3.8, 4) is 11.5 Å². The van der Waals surface area contributed by atoms with Gasteiger partial charge in [0, 0.05) is 48.2 Å². The van der Waals surface area contributed by atoms with E-state index < -0.39 is 5.92 Å². The lowest BCUT2D eigenvalue weighted by molar-refractivity contribution is -0.136. The first-order chi connectivity index (χ1) is 17.5. The van der Waals surface area contributed by atoms with Crippen molar-refractivity contribution >= 4 is 23.4 Å². The molecule has 0 N–H and O–H groups in total. The summed E-state index contributed by atoms with van der Waals surface area (Å²) >= 11 is 6.15. The fourth-order valence-electron chi connectivity index (χ4n) is 5.39. The van der Waals surface area contributed by atoms with E-state index in [0.717, 1.165) is 12.0 Å². The topological polar surface area (TPSA) is 59.1 Å². The molecular formula is C29H29ClN2O4. The van der Waals surface area contributed by atoms with Crippen LogP contribution in [0.25, 0.3) is 0 Å². The van der Waals surface area contributed by atoms with E-state index in [-0.39, 0.29) is 17.7 Å². The molecule has 186 valence electrons. The quantitative estimate of drug-likeness (QED) is 0.501. The number of carbonyl (C=O) groups is 2. The molecule has 2 aliphatic rings. The van der Waals surface area contributed by atoms with E-state index in [1.165, 1.54) is 11.1 Å². The summed E-state index contributed by atoms with van der Waals surface area (Å²) in [6.45, 7) is 1.97. The molecule has 2 unspecified atom stereocenters. The van der Waals surface area contributed by atoms with Crippen LogP contribution in [0, 0.1) is 5.92 Å². The molecule has 0 saturated carbocycles. The standard InChI is InChI=1S/C29H29ClN2O4/c1-35-23-10-11-27(36-2)24(15-23)25-17-32(28(33)20-8-5-9-22(30)14-20)18-26(25)29(34)31-13-12-19-6-3-4-7-21(19)16-31/h3-11,14-15,25-26H,12-13,16-18H2,1-2H3. The Morgan fingerprint density at radius 1 is 0.889 bits per heavy atom. The molecule has 7 heteroatoms. The smallest absolute Gasteiger partial charge is 0.253 e. The molecule has 2 atom stereocenters. The van der Waals surface area contributed by atoms with Gasteiger partial charge in [-0.3, -0.25) is 9.59 Å². The molecule has 1 fully saturated rings. The highest BCUT2D eigenvalue weighted by Gasteiger charge is 2.43. The lowest BCUT2D eigenvalue weighted by atomic mass is 9.86. The third-order valence-corrected chi connectivity index (χ3v) is 7.51. The van der Waals surface area contributed by atoms with E-state index in [0.29, 0.717) is 48.3 Å². The van der Waals surface area contributed by atoms with Gasteiger partial charge in [0.15, 0.2) is 0 Å². The highest BCUT2D eigenvalue weighted by molar-refractivity contribution is 6.31. The number of amides is 2. The molecule has 0 radical (unpaired) electrons. The zero-order valence-electron chi connectivity index (χ0n) is 20.4. The second-order valence-corrected chi connectivity index (χ2v) is 9.76. The Labute approximate surface area is 216 Å². The molecular weight excluding hydrogens is 476 g/mol. The molecule has 1 saturated heterocycles. The maximum absolute atomic E-state index is 14.0. The van der Waals surface area contributed by atoms with Crippen LogP contribution in [-0.4, -0.2) is 55.5 Å². The van der Waals surface area contributed by atoms with Crippen LogP contribution in [0.3, 0.4) is 0 Å². The molecule has 2 heterocycles. The van der Waals surface area contributed by atoms with Gasteiger partial charge in [0.05, 0.1) is 20.1 Å². The highest BCUT2D eigenvalue weighted by Crippen LogP contribution is 2.41. The normalized spacial score (nSPS) is 19.1. The Hall–Kier alpha value is -3.51. The van der Waals surface area contributed by atoms with Gasteiger partial charge in [0.1, 0.15) is 11.5 Å². The second kappa shape index (κ2) is 10.2. The van der Waals surface area contributed by atoms with Gasteiger partial charge in [-0.15, -0.1) is 0 Å². The number of ether oxygens (including phenoxy) is 2. The Morgan fingerprint density at radius 2 is 1.69 bits per heavy atom. The van der Waals surface area contributed by atoms with E-state index in [2.05, 4.69) is 12.1 Å². The van der Waals surface area contributed by atoms with Crippen LogP contribution in [0.1, 0.15) is 33.0 Å². The summed E-state index contributed by atoms with van der Waals surface area (Å²) in [6, 6.07) is 20.8. The van der Waals surface area contributed by atoms with Crippen molar-refractivity contribution in [2.45, 2.75) is 18.9 Å². The number of hydrogen-bond acceptors (Lipinski definition) is 4. The summed E-state index contributed by atoms with van der Waals surface area (Å²) in [5, 5.41) is 0.505. The van der Waals surface area contributed by atoms with E-state index >= 15 is 0 Å². The fraction of sp³-hybridized carbons (Fsp3) is 0.310. The summed E-state index contributed by atoms with van der Waals surface area (Å²) < 4.78 is 11.1. The van der Waals surface area contributed by atoms with Crippen molar-refractivity contribution in [1.82, 2.24) is 9.80 Å². The maximum Gasteiger partial charge on any atom is 0.253 e. The number of benzene rings is 3. The van der Waals surface area contributed by atoms with Gasteiger partial charge in [-0.2, -0.15) is 0 Å². The van der Waals surface area contributed by atoms with Gasteiger partial charge in [-0.1, -0.05) is 41.9 Å². The number of likely N-dealkylation sites (tertiary alicyclic amines) is 1. The van der Waals surface area contributed by atoms with Crippen LogP contribution >= 0.6 is 11.6 Å². The summed E-state index contributed by atoms with van der Waals surface area (Å²) in [6.07, 6.45) is 0.826. The first kappa shape index (κ1) is 24.2. The SMILES string of the molecule is COc1ccc(OC)c(C2CN(C(=O)c3cccc(Cl)c3)CC2C(=O)N2CCc3ccccc3C2)c1. The van der Waals surface area contributed by atoms with Crippen LogP contribution in [0.15, 0.2) is 66.7 Å². The molecule has 5 rings (SSSR count). The molecule has 3 aromatic carbocycles. The predicted molar refractivity (Wildman–Crippen MR) is 139 cm³/mol. The number of methoxy groups -OCH3 is 2. The Balaban J connectivity index is 1.48. The van der Waals surface area contributed by atoms with Crippen molar-refractivity contribution in [2.75, 3.05) is 33.9 Å².